The van der Waals surface area contributed by atoms with Gasteiger partial charge in [-0.15, -0.1) is 10.2 Å². The van der Waals surface area contributed by atoms with Crippen LogP contribution in [0.3, 0.4) is 0 Å². The van der Waals surface area contributed by atoms with Crippen LogP contribution in [-0.2, 0) is 4.79 Å². The zero-order chi connectivity index (χ0) is 25.6. The third-order valence-electron chi connectivity index (χ3n) is 6.21. The highest BCUT2D eigenvalue weighted by atomic mass is 32.2. The van der Waals surface area contributed by atoms with E-state index in [2.05, 4.69) is 20.4 Å². The number of aryl methyl sites for hydroxylation is 1. The van der Waals surface area contributed by atoms with Crippen molar-refractivity contribution in [3.63, 3.8) is 0 Å². The number of hydrogen-bond acceptors (Lipinski definition) is 7. The van der Waals surface area contributed by atoms with Crippen molar-refractivity contribution in [3.8, 4) is 11.5 Å². The number of carbonyl (C=O) groups is 2. The molecule has 188 valence electrons. The summed E-state index contributed by atoms with van der Waals surface area (Å²) in [5, 5.41) is 11.4. The van der Waals surface area contributed by atoms with E-state index in [4.69, 9.17) is 4.42 Å². The lowest BCUT2D eigenvalue weighted by Crippen LogP contribution is -2.48. The molecule has 5 rings (SSSR count). The smallest absolute Gasteiger partial charge is 0.277 e. The highest BCUT2D eigenvalue weighted by molar-refractivity contribution is 7.99. The Morgan fingerprint density at radius 3 is 2.32 bits per heavy atom. The van der Waals surface area contributed by atoms with E-state index in [1.165, 1.54) is 11.8 Å². The Morgan fingerprint density at radius 1 is 0.892 bits per heavy atom. The molecule has 1 aromatic heterocycles. The summed E-state index contributed by atoms with van der Waals surface area (Å²) in [4.78, 5) is 29.3. The summed E-state index contributed by atoms with van der Waals surface area (Å²) in [6, 6.07) is 24.9. The maximum atomic E-state index is 12.7. The van der Waals surface area contributed by atoms with Crippen LogP contribution >= 0.6 is 11.8 Å². The van der Waals surface area contributed by atoms with Gasteiger partial charge in [-0.3, -0.25) is 9.59 Å². The van der Waals surface area contributed by atoms with Crippen LogP contribution in [0, 0.1) is 6.92 Å². The lowest BCUT2D eigenvalue weighted by atomic mass is 10.1. The first kappa shape index (κ1) is 24.6. The molecule has 0 atom stereocenters. The molecule has 0 bridgehead atoms. The van der Waals surface area contributed by atoms with Crippen LogP contribution in [0.25, 0.3) is 11.5 Å². The maximum Gasteiger partial charge on any atom is 0.277 e. The molecule has 0 unspecified atom stereocenters. The molecule has 1 fully saturated rings. The lowest BCUT2D eigenvalue weighted by Gasteiger charge is -2.36. The number of nitrogens with one attached hydrogen (secondary N) is 1. The zero-order valence-corrected chi connectivity index (χ0v) is 21.3. The molecule has 4 aromatic rings. The van der Waals surface area contributed by atoms with E-state index < -0.39 is 0 Å². The van der Waals surface area contributed by atoms with Crippen molar-refractivity contribution in [3.05, 3.63) is 90.0 Å². The Labute approximate surface area is 219 Å². The van der Waals surface area contributed by atoms with Crippen molar-refractivity contribution >= 4 is 35.0 Å². The Hall–Kier alpha value is -4.11. The highest BCUT2D eigenvalue weighted by Crippen LogP contribution is 2.26. The monoisotopic (exact) mass is 513 g/mol. The molecule has 2 amide bonds. The minimum Gasteiger partial charge on any atom is -0.411 e. The van der Waals surface area contributed by atoms with Crippen molar-refractivity contribution in [1.82, 2.24) is 15.1 Å². The van der Waals surface area contributed by atoms with E-state index >= 15 is 0 Å². The summed E-state index contributed by atoms with van der Waals surface area (Å²) in [6.07, 6.45) is 0. The second-order valence-corrected chi connectivity index (χ2v) is 9.64. The summed E-state index contributed by atoms with van der Waals surface area (Å²) < 4.78 is 5.71. The number of anilines is 2. The third-order valence-corrected chi connectivity index (χ3v) is 7.03. The van der Waals surface area contributed by atoms with E-state index in [1.54, 1.807) is 0 Å². The van der Waals surface area contributed by atoms with Gasteiger partial charge in [-0.1, -0.05) is 48.2 Å². The van der Waals surface area contributed by atoms with Crippen molar-refractivity contribution in [1.29, 1.82) is 0 Å². The first-order chi connectivity index (χ1) is 18.1. The molecule has 0 saturated carbocycles. The number of aromatic nitrogens is 2. The van der Waals surface area contributed by atoms with Gasteiger partial charge in [-0.05, 0) is 55.0 Å². The van der Waals surface area contributed by atoms with Crippen LogP contribution in [0.4, 0.5) is 11.4 Å². The molecule has 37 heavy (non-hydrogen) atoms. The Bertz CT molecular complexity index is 1370. The summed E-state index contributed by atoms with van der Waals surface area (Å²) in [5.74, 6) is 0.528. The molecule has 3 aromatic carbocycles. The van der Waals surface area contributed by atoms with Crippen LogP contribution < -0.4 is 10.2 Å². The van der Waals surface area contributed by atoms with Gasteiger partial charge in [-0.25, -0.2) is 0 Å². The number of carbonyl (C=O) groups excluding carboxylic acids is 2. The minimum absolute atomic E-state index is 0.0723. The second kappa shape index (κ2) is 11.3. The standard InChI is InChI=1S/C28H27N5O3S/c1-20-7-5-6-10-24(20)26-30-31-28(36-26)37-19-25(34)29-22-11-13-23(14-12-22)32-15-17-33(18-16-32)27(35)21-8-3-2-4-9-21/h2-14H,15-19H2,1H3,(H,29,34). The summed E-state index contributed by atoms with van der Waals surface area (Å²) in [6.45, 7) is 4.85. The van der Waals surface area contributed by atoms with E-state index in [9.17, 15) is 9.59 Å². The fraction of sp³-hybridized carbons (Fsp3) is 0.214. The quantitative estimate of drug-likeness (QED) is 0.357. The van der Waals surface area contributed by atoms with E-state index in [-0.39, 0.29) is 17.6 Å². The zero-order valence-electron chi connectivity index (χ0n) is 20.5. The van der Waals surface area contributed by atoms with Crippen molar-refractivity contribution in [2.75, 3.05) is 42.1 Å². The van der Waals surface area contributed by atoms with Gasteiger partial charge in [0.2, 0.25) is 11.8 Å². The number of hydrogen-bond donors (Lipinski definition) is 1. The van der Waals surface area contributed by atoms with Crippen molar-refractivity contribution in [2.45, 2.75) is 12.1 Å². The average Bonchev–Trinajstić information content (AvgIpc) is 3.42. The number of thioether (sulfide) groups is 1. The van der Waals surface area contributed by atoms with Gasteiger partial charge in [0.15, 0.2) is 0 Å². The number of benzene rings is 3. The van der Waals surface area contributed by atoms with Gasteiger partial charge < -0.3 is 19.5 Å². The highest BCUT2D eigenvalue weighted by Gasteiger charge is 2.22. The van der Waals surface area contributed by atoms with Crippen molar-refractivity contribution in [2.24, 2.45) is 0 Å². The van der Waals surface area contributed by atoms with Gasteiger partial charge in [0.1, 0.15) is 0 Å². The van der Waals surface area contributed by atoms with Crippen LogP contribution in [0.15, 0.2) is 88.5 Å². The molecule has 1 N–H and O–H groups in total. The maximum absolute atomic E-state index is 12.7. The predicted octanol–water partition coefficient (Wildman–Crippen LogP) is 4.74. The predicted molar refractivity (Wildman–Crippen MR) is 145 cm³/mol. The molecule has 0 spiro atoms. The summed E-state index contributed by atoms with van der Waals surface area (Å²) in [5.41, 5.74) is 4.44. The number of amides is 2. The van der Waals surface area contributed by atoms with Crippen molar-refractivity contribution < 1.29 is 14.0 Å². The molecule has 9 heteroatoms. The van der Waals surface area contributed by atoms with E-state index in [0.29, 0.717) is 24.2 Å². The largest absolute Gasteiger partial charge is 0.411 e. The normalized spacial score (nSPS) is 13.4. The third kappa shape index (κ3) is 6.00. The van der Waals surface area contributed by atoms with E-state index in [1.807, 2.05) is 90.7 Å². The van der Waals surface area contributed by atoms with E-state index in [0.717, 1.165) is 41.2 Å². The van der Waals surface area contributed by atoms with Gasteiger partial charge in [0, 0.05) is 48.7 Å². The van der Waals surface area contributed by atoms with Crippen LogP contribution in [0.2, 0.25) is 0 Å². The molecule has 2 heterocycles. The Balaban J connectivity index is 1.09. The molecular weight excluding hydrogens is 486 g/mol. The van der Waals surface area contributed by atoms with Gasteiger partial charge >= 0.3 is 0 Å². The fourth-order valence-electron chi connectivity index (χ4n) is 4.20. The summed E-state index contributed by atoms with van der Waals surface area (Å²) in [7, 11) is 0. The SMILES string of the molecule is Cc1ccccc1-c1nnc(SCC(=O)Nc2ccc(N3CCN(C(=O)c4ccccc4)CC3)cc2)o1. The van der Waals surface area contributed by atoms with Gasteiger partial charge in [-0.2, -0.15) is 0 Å². The second-order valence-electron chi connectivity index (χ2n) is 8.72. The number of piperazine rings is 1. The van der Waals surface area contributed by atoms with Crippen LogP contribution in [-0.4, -0.2) is 58.8 Å². The molecule has 0 aliphatic carbocycles. The Morgan fingerprint density at radius 2 is 1.59 bits per heavy atom. The number of nitrogens with zero attached hydrogens (tertiary/aromatic N) is 4. The molecule has 8 nitrogen and oxygen atoms in total. The van der Waals surface area contributed by atoms with Gasteiger partial charge in [0.05, 0.1) is 5.75 Å². The summed E-state index contributed by atoms with van der Waals surface area (Å²) >= 11 is 1.20. The molecule has 1 saturated heterocycles. The van der Waals surface area contributed by atoms with Crippen LogP contribution in [0.1, 0.15) is 15.9 Å². The molecular formula is C28H27N5O3S. The minimum atomic E-state index is -0.151. The topological polar surface area (TPSA) is 91.6 Å². The lowest BCUT2D eigenvalue weighted by molar-refractivity contribution is -0.113. The first-order valence-corrected chi connectivity index (χ1v) is 13.1. The first-order valence-electron chi connectivity index (χ1n) is 12.1. The number of rotatable bonds is 7. The molecule has 1 aliphatic heterocycles. The fourth-order valence-corrected chi connectivity index (χ4v) is 4.76. The Kier molecular flexibility index (Phi) is 7.51. The van der Waals surface area contributed by atoms with Gasteiger partial charge in [0.25, 0.3) is 11.1 Å². The van der Waals surface area contributed by atoms with Crippen LogP contribution in [0.5, 0.6) is 0 Å². The molecule has 1 aliphatic rings. The molecule has 0 radical (unpaired) electrons. The average molecular weight is 514 g/mol.